The van der Waals surface area contributed by atoms with E-state index in [0.29, 0.717) is 17.1 Å². The summed E-state index contributed by atoms with van der Waals surface area (Å²) in [6.07, 6.45) is 3.41. The third kappa shape index (κ3) is 3.71. The van der Waals surface area contributed by atoms with Crippen molar-refractivity contribution in [2.75, 3.05) is 4.90 Å². The number of aromatic nitrogens is 3. The number of pyridine rings is 1. The number of nitrogens with one attached hydrogen (secondary N) is 1. The Morgan fingerprint density at radius 1 is 0.771 bits per heavy atom. The van der Waals surface area contributed by atoms with Crippen LogP contribution in [0.3, 0.4) is 0 Å². The van der Waals surface area contributed by atoms with Crippen LogP contribution in [0.4, 0.5) is 5.69 Å². The third-order valence-corrected chi connectivity index (χ3v) is 6.09. The number of imide groups is 1. The zero-order chi connectivity index (χ0) is 24.7. The summed E-state index contributed by atoms with van der Waals surface area (Å²) < 4.78 is 3.03. The smallest absolute Gasteiger partial charge is 0.294 e. The van der Waals surface area contributed by atoms with E-state index in [1.807, 2.05) is 69.3 Å². The van der Waals surface area contributed by atoms with Gasteiger partial charge >= 0.3 is 5.91 Å². The number of carbonyl (C=O) groups excluding carboxylic acids is 2. The van der Waals surface area contributed by atoms with Gasteiger partial charge in [0.05, 0.1) is 16.9 Å². The van der Waals surface area contributed by atoms with Crippen LogP contribution in [0.15, 0.2) is 90.0 Å². The molecular weight excluding hydrogens is 440 g/mol. The summed E-state index contributed by atoms with van der Waals surface area (Å²) in [5.41, 5.74) is 2.78. The van der Waals surface area contributed by atoms with Gasteiger partial charge in [-0.15, -0.1) is 0 Å². The van der Waals surface area contributed by atoms with E-state index in [0.717, 1.165) is 10.5 Å². The van der Waals surface area contributed by atoms with Gasteiger partial charge in [0.2, 0.25) is 0 Å². The number of aromatic amines is 1. The Morgan fingerprint density at radius 3 is 2.03 bits per heavy atom. The van der Waals surface area contributed by atoms with Crippen LogP contribution in [0, 0.1) is 6.92 Å². The molecule has 0 saturated heterocycles. The number of amides is 2. The van der Waals surface area contributed by atoms with Crippen LogP contribution >= 0.6 is 0 Å². The molecule has 0 atom stereocenters. The van der Waals surface area contributed by atoms with Crippen molar-refractivity contribution in [1.82, 2.24) is 9.78 Å². The minimum absolute atomic E-state index is 0.0893. The topological polar surface area (TPSA) is 79.1 Å². The molecule has 35 heavy (non-hydrogen) atoms. The van der Waals surface area contributed by atoms with Crippen LogP contribution < -0.4 is 15.0 Å². The van der Waals surface area contributed by atoms with Crippen molar-refractivity contribution in [2.45, 2.75) is 26.7 Å². The maximum atomic E-state index is 13.9. The number of hydrogen-bond donors (Lipinski definition) is 1. The van der Waals surface area contributed by atoms with E-state index in [1.165, 1.54) is 4.68 Å². The van der Waals surface area contributed by atoms with Crippen LogP contribution in [0.25, 0.3) is 17.0 Å². The second kappa shape index (κ2) is 8.68. The zero-order valence-corrected chi connectivity index (χ0v) is 19.7. The van der Waals surface area contributed by atoms with Crippen molar-refractivity contribution in [3.8, 4) is 5.69 Å². The summed E-state index contributed by atoms with van der Waals surface area (Å²) in [6, 6.07) is 21.7. The number of para-hydroxylation sites is 1. The van der Waals surface area contributed by atoms with Crippen molar-refractivity contribution in [3.05, 3.63) is 112 Å². The van der Waals surface area contributed by atoms with Crippen molar-refractivity contribution < 1.29 is 14.2 Å². The van der Waals surface area contributed by atoms with E-state index in [1.54, 1.807) is 41.2 Å². The fourth-order valence-corrected chi connectivity index (χ4v) is 4.33. The van der Waals surface area contributed by atoms with E-state index < -0.39 is 11.8 Å². The first kappa shape index (κ1) is 22.3. The average Bonchev–Trinajstić information content (AvgIpc) is 3.33. The van der Waals surface area contributed by atoms with Crippen LogP contribution in [0.5, 0.6) is 0 Å². The van der Waals surface area contributed by atoms with Gasteiger partial charge < -0.3 is 0 Å². The van der Waals surface area contributed by atoms with Gasteiger partial charge in [-0.2, -0.15) is 4.57 Å². The molecule has 0 saturated carbocycles. The summed E-state index contributed by atoms with van der Waals surface area (Å²) in [5.74, 6) is -1.11. The number of nitrogens with zero attached hydrogens (tertiary/aromatic N) is 3. The predicted octanol–water partition coefficient (Wildman–Crippen LogP) is 3.83. The van der Waals surface area contributed by atoms with E-state index in [-0.39, 0.29) is 28.3 Å². The number of carbonyl (C=O) groups is 2. The highest BCUT2D eigenvalue weighted by Gasteiger charge is 2.48. The van der Waals surface area contributed by atoms with E-state index >= 15 is 0 Å². The molecule has 5 rings (SSSR count). The SMILES string of the molecule is Cc1ccc(N2C(=O)C(c3c(C(C)C)[nH]n(-c4ccccc4)c3=O)=C([n+]3ccccc3)C2=O)cc1. The fourth-order valence-electron chi connectivity index (χ4n) is 4.33. The number of hydrogen-bond acceptors (Lipinski definition) is 3. The molecule has 3 heterocycles. The van der Waals surface area contributed by atoms with Gasteiger partial charge in [-0.3, -0.25) is 19.5 Å². The Kier molecular flexibility index (Phi) is 5.53. The van der Waals surface area contributed by atoms with Crippen LogP contribution in [-0.2, 0) is 9.59 Å². The summed E-state index contributed by atoms with van der Waals surface area (Å²) in [6.45, 7) is 5.82. The molecule has 0 bridgehead atoms. The maximum Gasteiger partial charge on any atom is 0.331 e. The van der Waals surface area contributed by atoms with Gasteiger partial charge in [0, 0.05) is 17.8 Å². The summed E-state index contributed by atoms with van der Waals surface area (Å²) in [5, 5.41) is 3.19. The Hall–Kier alpha value is -4.52. The summed E-state index contributed by atoms with van der Waals surface area (Å²) in [4.78, 5) is 42.6. The molecule has 0 spiro atoms. The highest BCUT2D eigenvalue weighted by Crippen LogP contribution is 2.35. The third-order valence-electron chi connectivity index (χ3n) is 6.09. The molecule has 2 aromatic carbocycles. The standard InChI is InChI=1S/C28H24N4O3/c1-18(2)24-22(27(34)32(29-24)21-10-6-4-7-11-21)23-25(30-16-8-5-9-17-30)28(35)31(26(23)33)20-14-12-19(3)13-15-20/h4-18H,1-3H3/p+1. The van der Waals surface area contributed by atoms with Crippen LogP contribution in [-0.4, -0.2) is 21.6 Å². The molecule has 0 aliphatic carbocycles. The number of rotatable bonds is 5. The molecule has 0 unspecified atom stereocenters. The fraction of sp³-hybridized carbons (Fsp3) is 0.143. The lowest BCUT2D eigenvalue weighted by atomic mass is 9.98. The Bertz CT molecular complexity index is 1510. The number of aryl methyl sites for hydroxylation is 1. The van der Waals surface area contributed by atoms with Gasteiger partial charge in [0.15, 0.2) is 12.4 Å². The lowest BCUT2D eigenvalue weighted by molar-refractivity contribution is -0.576. The first-order valence-corrected chi connectivity index (χ1v) is 11.5. The van der Waals surface area contributed by atoms with Crippen LogP contribution in [0.2, 0.25) is 0 Å². The minimum atomic E-state index is -0.525. The number of anilines is 1. The summed E-state index contributed by atoms with van der Waals surface area (Å²) in [7, 11) is 0. The molecule has 1 N–H and O–H groups in total. The largest absolute Gasteiger partial charge is 0.331 e. The Balaban J connectivity index is 1.79. The Morgan fingerprint density at radius 2 is 1.40 bits per heavy atom. The minimum Gasteiger partial charge on any atom is -0.294 e. The van der Waals surface area contributed by atoms with E-state index in [4.69, 9.17) is 0 Å². The van der Waals surface area contributed by atoms with Gasteiger partial charge in [-0.1, -0.05) is 55.8 Å². The molecule has 0 radical (unpaired) electrons. The average molecular weight is 466 g/mol. The molecule has 7 nitrogen and oxygen atoms in total. The first-order valence-electron chi connectivity index (χ1n) is 11.5. The Labute approximate surface area is 202 Å². The van der Waals surface area contributed by atoms with Gasteiger partial charge in [0.1, 0.15) is 5.57 Å². The van der Waals surface area contributed by atoms with Crippen LogP contribution in [0.1, 0.15) is 36.6 Å². The molecule has 1 aliphatic rings. The highest BCUT2D eigenvalue weighted by atomic mass is 16.2. The number of benzene rings is 2. The second-order valence-corrected chi connectivity index (χ2v) is 8.82. The molecule has 4 aromatic rings. The van der Waals surface area contributed by atoms with Crippen molar-refractivity contribution in [2.24, 2.45) is 0 Å². The zero-order valence-electron chi connectivity index (χ0n) is 19.7. The normalized spacial score (nSPS) is 13.9. The van der Waals surface area contributed by atoms with Gasteiger partial charge in [0.25, 0.3) is 17.2 Å². The highest BCUT2D eigenvalue weighted by molar-refractivity contribution is 6.53. The maximum absolute atomic E-state index is 13.9. The lowest BCUT2D eigenvalue weighted by Crippen LogP contribution is -2.39. The first-order chi connectivity index (χ1) is 16.9. The molecule has 2 aromatic heterocycles. The molecule has 2 amide bonds. The monoisotopic (exact) mass is 465 g/mol. The van der Waals surface area contributed by atoms with E-state index in [2.05, 4.69) is 5.10 Å². The molecule has 1 aliphatic heterocycles. The van der Waals surface area contributed by atoms with Gasteiger partial charge in [-0.05, 0) is 37.1 Å². The quantitative estimate of drug-likeness (QED) is 0.359. The predicted molar refractivity (Wildman–Crippen MR) is 134 cm³/mol. The molecule has 174 valence electrons. The lowest BCUT2D eigenvalue weighted by Gasteiger charge is -2.14. The second-order valence-electron chi connectivity index (χ2n) is 8.82. The van der Waals surface area contributed by atoms with E-state index in [9.17, 15) is 14.4 Å². The molecular formula is C28H25N4O3+. The summed E-state index contributed by atoms with van der Waals surface area (Å²) >= 11 is 0. The van der Waals surface area contributed by atoms with Crippen molar-refractivity contribution in [3.63, 3.8) is 0 Å². The molecule has 0 fully saturated rings. The number of H-pyrrole nitrogens is 1. The van der Waals surface area contributed by atoms with Crippen molar-refractivity contribution >= 4 is 28.8 Å². The van der Waals surface area contributed by atoms with Crippen molar-refractivity contribution in [1.29, 1.82) is 0 Å². The van der Waals surface area contributed by atoms with Gasteiger partial charge in [-0.25, -0.2) is 9.58 Å². The molecule has 7 heteroatoms.